The fourth-order valence-corrected chi connectivity index (χ4v) is 5.78. The molecule has 0 bridgehead atoms. The van der Waals surface area contributed by atoms with Gasteiger partial charge in [-0.1, -0.05) is 24.3 Å². The van der Waals surface area contributed by atoms with Gasteiger partial charge in [0.05, 0.1) is 31.0 Å². The van der Waals surface area contributed by atoms with Crippen molar-refractivity contribution in [1.29, 1.82) is 0 Å². The van der Waals surface area contributed by atoms with Crippen molar-refractivity contribution in [2.45, 2.75) is 44.1 Å². The standard InChI is InChI=1S/C27H29N3O5/c31-24(28-13-10-27(11-14-28)34-15-16-35-27)20-6-3-5-19(17-20)18-30-22-8-2-1-7-21(22)25(32)29-12-4-9-23(29)26(30)33/h1-3,5-8,17,23H,4,9-16,18H2. The molecule has 0 aliphatic carbocycles. The summed E-state index contributed by atoms with van der Waals surface area (Å²) in [6.07, 6.45) is 2.85. The van der Waals surface area contributed by atoms with Gasteiger partial charge >= 0.3 is 0 Å². The number of hydrogen-bond acceptors (Lipinski definition) is 5. The summed E-state index contributed by atoms with van der Waals surface area (Å²) in [6, 6.07) is 14.3. The maximum absolute atomic E-state index is 13.6. The van der Waals surface area contributed by atoms with Crippen LogP contribution in [-0.4, -0.2) is 72.2 Å². The Morgan fingerprint density at radius 2 is 1.74 bits per heavy atom. The normalized spacial score (nSPS) is 23.4. The minimum atomic E-state index is -0.523. The molecule has 2 aromatic carbocycles. The van der Waals surface area contributed by atoms with Crippen molar-refractivity contribution in [3.05, 3.63) is 65.2 Å². The first-order valence-corrected chi connectivity index (χ1v) is 12.4. The molecule has 0 N–H and O–H groups in total. The molecule has 1 unspecified atom stereocenters. The number of rotatable bonds is 3. The van der Waals surface area contributed by atoms with Crippen molar-refractivity contribution < 1.29 is 23.9 Å². The highest BCUT2D eigenvalue weighted by atomic mass is 16.7. The summed E-state index contributed by atoms with van der Waals surface area (Å²) in [4.78, 5) is 45.3. The number of hydrogen-bond donors (Lipinski definition) is 0. The third-order valence-electron chi connectivity index (χ3n) is 7.63. The van der Waals surface area contributed by atoms with E-state index in [2.05, 4.69) is 0 Å². The van der Waals surface area contributed by atoms with E-state index < -0.39 is 11.8 Å². The predicted octanol–water partition coefficient (Wildman–Crippen LogP) is 2.82. The monoisotopic (exact) mass is 475 g/mol. The van der Waals surface area contributed by atoms with Crippen LogP contribution in [0.15, 0.2) is 48.5 Å². The lowest BCUT2D eigenvalue weighted by Crippen LogP contribution is -2.47. The molecule has 1 atom stereocenters. The Hall–Kier alpha value is -3.23. The maximum Gasteiger partial charge on any atom is 0.256 e. The topological polar surface area (TPSA) is 79.4 Å². The van der Waals surface area contributed by atoms with E-state index in [4.69, 9.17) is 9.47 Å². The smallest absolute Gasteiger partial charge is 0.256 e. The van der Waals surface area contributed by atoms with E-state index in [-0.39, 0.29) is 17.7 Å². The molecule has 4 aliphatic heterocycles. The molecule has 35 heavy (non-hydrogen) atoms. The number of carbonyl (C=O) groups excluding carboxylic acids is 3. The maximum atomic E-state index is 13.6. The minimum absolute atomic E-state index is 0.0283. The zero-order chi connectivity index (χ0) is 24.0. The molecule has 4 heterocycles. The first kappa shape index (κ1) is 22.2. The fourth-order valence-electron chi connectivity index (χ4n) is 5.78. The number of amides is 3. The highest BCUT2D eigenvalue weighted by molar-refractivity contribution is 6.11. The van der Waals surface area contributed by atoms with Gasteiger partial charge in [0.25, 0.3) is 11.8 Å². The fraction of sp³-hybridized carbons (Fsp3) is 0.444. The number of nitrogens with zero attached hydrogens (tertiary/aromatic N) is 3. The predicted molar refractivity (Wildman–Crippen MR) is 128 cm³/mol. The van der Waals surface area contributed by atoms with Crippen LogP contribution in [0.25, 0.3) is 0 Å². The second kappa shape index (κ2) is 8.77. The molecule has 0 radical (unpaired) electrons. The summed E-state index contributed by atoms with van der Waals surface area (Å²) in [6.45, 7) is 3.30. The summed E-state index contributed by atoms with van der Waals surface area (Å²) in [5.74, 6) is -0.694. The van der Waals surface area contributed by atoms with Crippen LogP contribution in [0.5, 0.6) is 0 Å². The summed E-state index contributed by atoms with van der Waals surface area (Å²) in [5.41, 5.74) is 2.64. The van der Waals surface area contributed by atoms with Crippen LogP contribution in [-0.2, 0) is 20.8 Å². The third-order valence-corrected chi connectivity index (χ3v) is 7.63. The lowest BCUT2D eigenvalue weighted by molar-refractivity contribution is -0.181. The van der Waals surface area contributed by atoms with E-state index in [1.807, 2.05) is 47.4 Å². The molecule has 6 rings (SSSR count). The van der Waals surface area contributed by atoms with Gasteiger partial charge in [-0.15, -0.1) is 0 Å². The highest BCUT2D eigenvalue weighted by Gasteiger charge is 2.42. The third kappa shape index (κ3) is 3.90. The number of carbonyl (C=O) groups is 3. The number of benzene rings is 2. The molecule has 4 aliphatic rings. The Labute approximate surface area is 204 Å². The van der Waals surface area contributed by atoms with E-state index in [1.54, 1.807) is 15.9 Å². The largest absolute Gasteiger partial charge is 0.347 e. The van der Waals surface area contributed by atoms with E-state index in [0.29, 0.717) is 75.5 Å². The van der Waals surface area contributed by atoms with Gasteiger partial charge in [0.15, 0.2) is 5.79 Å². The second-order valence-electron chi connectivity index (χ2n) is 9.70. The molecule has 2 aromatic rings. The van der Waals surface area contributed by atoms with Gasteiger partial charge in [0, 0.05) is 38.0 Å². The van der Waals surface area contributed by atoms with Crippen molar-refractivity contribution >= 4 is 23.4 Å². The molecular weight excluding hydrogens is 446 g/mol. The number of piperidine rings is 1. The Bertz CT molecular complexity index is 1160. The number of para-hydroxylation sites is 1. The summed E-state index contributed by atoms with van der Waals surface area (Å²) >= 11 is 0. The number of anilines is 1. The van der Waals surface area contributed by atoms with Gasteiger partial charge in [-0.25, -0.2) is 0 Å². The van der Waals surface area contributed by atoms with Crippen LogP contribution in [0.4, 0.5) is 5.69 Å². The molecular formula is C27H29N3O5. The van der Waals surface area contributed by atoms with Crippen LogP contribution < -0.4 is 4.90 Å². The quantitative estimate of drug-likeness (QED) is 0.682. The molecule has 8 heteroatoms. The van der Waals surface area contributed by atoms with E-state index in [9.17, 15) is 14.4 Å². The average molecular weight is 476 g/mol. The molecule has 0 aromatic heterocycles. The lowest BCUT2D eigenvalue weighted by atomic mass is 10.0. The minimum Gasteiger partial charge on any atom is -0.347 e. The Balaban J connectivity index is 1.24. The Kier molecular flexibility index (Phi) is 5.57. The summed E-state index contributed by atoms with van der Waals surface area (Å²) < 4.78 is 11.6. The van der Waals surface area contributed by atoms with Gasteiger partial charge in [0.2, 0.25) is 5.91 Å². The molecule has 3 saturated heterocycles. The molecule has 0 saturated carbocycles. The first-order chi connectivity index (χ1) is 17.0. The second-order valence-corrected chi connectivity index (χ2v) is 9.70. The van der Waals surface area contributed by atoms with Crippen LogP contribution in [0.3, 0.4) is 0 Å². The number of fused-ring (bicyclic) bond motifs is 2. The van der Waals surface area contributed by atoms with Gasteiger partial charge in [-0.3, -0.25) is 14.4 Å². The molecule has 8 nitrogen and oxygen atoms in total. The van der Waals surface area contributed by atoms with Crippen LogP contribution in [0.2, 0.25) is 0 Å². The van der Waals surface area contributed by atoms with E-state index in [0.717, 1.165) is 12.0 Å². The van der Waals surface area contributed by atoms with Gasteiger partial charge in [0.1, 0.15) is 6.04 Å². The van der Waals surface area contributed by atoms with E-state index in [1.165, 1.54) is 0 Å². The van der Waals surface area contributed by atoms with Crippen molar-refractivity contribution in [1.82, 2.24) is 9.80 Å². The number of ether oxygens (including phenoxy) is 2. The van der Waals surface area contributed by atoms with Gasteiger partial charge in [-0.05, 0) is 42.7 Å². The average Bonchev–Trinajstić information content (AvgIpc) is 3.55. The van der Waals surface area contributed by atoms with Crippen molar-refractivity contribution in [3.63, 3.8) is 0 Å². The van der Waals surface area contributed by atoms with Crippen LogP contribution in [0, 0.1) is 0 Å². The molecule has 1 spiro atoms. The summed E-state index contributed by atoms with van der Waals surface area (Å²) in [7, 11) is 0. The highest BCUT2D eigenvalue weighted by Crippen LogP contribution is 2.34. The van der Waals surface area contributed by atoms with Crippen molar-refractivity contribution in [3.8, 4) is 0 Å². The molecule has 182 valence electrons. The Morgan fingerprint density at radius 1 is 0.971 bits per heavy atom. The van der Waals surface area contributed by atoms with Crippen molar-refractivity contribution in [2.75, 3.05) is 37.7 Å². The molecule has 3 amide bonds. The molecule has 3 fully saturated rings. The van der Waals surface area contributed by atoms with Crippen LogP contribution >= 0.6 is 0 Å². The SMILES string of the molecule is O=C(c1cccc(CN2C(=O)C3CCCN3C(=O)c3ccccc32)c1)N1CCC2(CC1)OCCO2. The van der Waals surface area contributed by atoms with Crippen molar-refractivity contribution in [2.24, 2.45) is 0 Å². The van der Waals surface area contributed by atoms with E-state index >= 15 is 0 Å². The van der Waals surface area contributed by atoms with Gasteiger partial charge in [-0.2, -0.15) is 0 Å². The Morgan fingerprint density at radius 3 is 2.54 bits per heavy atom. The first-order valence-electron chi connectivity index (χ1n) is 12.4. The van der Waals surface area contributed by atoms with Gasteiger partial charge < -0.3 is 24.2 Å². The lowest BCUT2D eigenvalue weighted by Gasteiger charge is -2.37. The zero-order valence-electron chi connectivity index (χ0n) is 19.7. The summed E-state index contributed by atoms with van der Waals surface area (Å²) in [5, 5.41) is 0. The van der Waals surface area contributed by atoms with Crippen LogP contribution in [0.1, 0.15) is 52.0 Å². The zero-order valence-corrected chi connectivity index (χ0v) is 19.7. The number of likely N-dealkylation sites (tertiary alicyclic amines) is 1.